The van der Waals surface area contributed by atoms with Crippen molar-refractivity contribution in [1.29, 1.82) is 0 Å². The highest BCUT2D eigenvalue weighted by atomic mass is 79.9. The van der Waals surface area contributed by atoms with E-state index in [1.165, 1.54) is 0 Å². The molecule has 82 valence electrons. The summed E-state index contributed by atoms with van der Waals surface area (Å²) in [6, 6.07) is 6.95. The van der Waals surface area contributed by atoms with Crippen molar-refractivity contribution in [3.05, 3.63) is 40.6 Å². The van der Waals surface area contributed by atoms with Crippen LogP contribution < -0.4 is 5.32 Å². The van der Waals surface area contributed by atoms with Gasteiger partial charge in [-0.25, -0.2) is 9.97 Å². The first kappa shape index (κ1) is 10.9. The maximum Gasteiger partial charge on any atom is 0.227 e. The molecule has 0 amide bonds. The lowest BCUT2D eigenvalue weighted by Gasteiger charge is -2.07. The van der Waals surface area contributed by atoms with Gasteiger partial charge in [0.2, 0.25) is 5.95 Å². The van der Waals surface area contributed by atoms with Crippen LogP contribution in [0.25, 0.3) is 0 Å². The van der Waals surface area contributed by atoms with E-state index in [4.69, 9.17) is 0 Å². The van der Waals surface area contributed by atoms with Crippen LogP contribution in [0, 0.1) is 6.92 Å². The summed E-state index contributed by atoms with van der Waals surface area (Å²) >= 11 is 3.33. The highest BCUT2D eigenvalue weighted by molar-refractivity contribution is 9.10. The Morgan fingerprint density at radius 2 is 2.06 bits per heavy atom. The van der Waals surface area contributed by atoms with Gasteiger partial charge in [0.05, 0.1) is 15.9 Å². The average molecular weight is 280 g/mol. The van der Waals surface area contributed by atoms with Gasteiger partial charge in [0.15, 0.2) is 0 Å². The molecule has 0 unspecified atom stereocenters. The number of benzene rings is 1. The van der Waals surface area contributed by atoms with Gasteiger partial charge < -0.3 is 10.4 Å². The Morgan fingerprint density at radius 1 is 1.31 bits per heavy atom. The number of hydrogen-bond donors (Lipinski definition) is 2. The van der Waals surface area contributed by atoms with Crippen molar-refractivity contribution >= 4 is 27.6 Å². The minimum atomic E-state index is 0.173. The number of phenols is 1. The Morgan fingerprint density at radius 3 is 2.75 bits per heavy atom. The fourth-order valence-electron chi connectivity index (χ4n) is 1.21. The molecule has 0 aliphatic rings. The molecule has 2 aromatic rings. The molecule has 0 spiro atoms. The Kier molecular flexibility index (Phi) is 3.05. The molecule has 0 bridgehead atoms. The van der Waals surface area contributed by atoms with Gasteiger partial charge in [-0.1, -0.05) is 12.1 Å². The lowest BCUT2D eigenvalue weighted by Crippen LogP contribution is -1.98. The predicted molar refractivity (Wildman–Crippen MR) is 65.9 cm³/mol. The second-order valence-electron chi connectivity index (χ2n) is 3.27. The van der Waals surface area contributed by atoms with Gasteiger partial charge in [0.25, 0.3) is 0 Å². The fraction of sp³-hybridized carbons (Fsp3) is 0.0909. The zero-order valence-electron chi connectivity index (χ0n) is 8.61. The van der Waals surface area contributed by atoms with E-state index in [-0.39, 0.29) is 5.75 Å². The van der Waals surface area contributed by atoms with Crippen molar-refractivity contribution in [3.8, 4) is 5.75 Å². The van der Waals surface area contributed by atoms with E-state index in [1.54, 1.807) is 24.4 Å². The number of para-hydroxylation sites is 2. The molecule has 1 aromatic carbocycles. The van der Waals surface area contributed by atoms with Crippen molar-refractivity contribution < 1.29 is 5.11 Å². The Balaban J connectivity index is 2.28. The van der Waals surface area contributed by atoms with E-state index < -0.39 is 0 Å². The number of nitrogens with one attached hydrogen (secondary N) is 1. The molecule has 5 heteroatoms. The maximum absolute atomic E-state index is 9.57. The normalized spacial score (nSPS) is 10.1. The van der Waals surface area contributed by atoms with Gasteiger partial charge in [-0.15, -0.1) is 0 Å². The summed E-state index contributed by atoms with van der Waals surface area (Å²) in [5.41, 5.74) is 1.43. The lowest BCUT2D eigenvalue weighted by atomic mass is 10.3. The van der Waals surface area contributed by atoms with Gasteiger partial charge in [0.1, 0.15) is 5.75 Å². The minimum Gasteiger partial charge on any atom is -0.506 e. The molecule has 1 heterocycles. The third kappa shape index (κ3) is 2.30. The van der Waals surface area contributed by atoms with Gasteiger partial charge in [-0.2, -0.15) is 0 Å². The number of aryl methyl sites for hydroxylation is 1. The first-order valence-electron chi connectivity index (χ1n) is 4.71. The molecule has 2 rings (SSSR count). The van der Waals surface area contributed by atoms with Crippen LogP contribution in [0.5, 0.6) is 5.75 Å². The van der Waals surface area contributed by atoms with Crippen molar-refractivity contribution in [2.75, 3.05) is 5.32 Å². The largest absolute Gasteiger partial charge is 0.506 e. The SMILES string of the molecule is Cc1nc(Nc2ccccc2O)ncc1Br. The van der Waals surface area contributed by atoms with E-state index in [0.717, 1.165) is 10.2 Å². The molecule has 2 N–H and O–H groups in total. The quantitative estimate of drug-likeness (QED) is 0.830. The molecule has 0 aliphatic carbocycles. The molecule has 1 aromatic heterocycles. The van der Waals surface area contributed by atoms with Gasteiger partial charge in [-0.3, -0.25) is 0 Å². The number of aromatic hydroxyl groups is 1. The molecule has 0 saturated heterocycles. The maximum atomic E-state index is 9.57. The summed E-state index contributed by atoms with van der Waals surface area (Å²) in [6.45, 7) is 1.88. The van der Waals surface area contributed by atoms with Crippen LogP contribution in [0.2, 0.25) is 0 Å². The monoisotopic (exact) mass is 279 g/mol. The summed E-state index contributed by atoms with van der Waals surface area (Å²) in [5, 5.41) is 12.5. The highest BCUT2D eigenvalue weighted by Gasteiger charge is 2.03. The van der Waals surface area contributed by atoms with Crippen molar-refractivity contribution in [1.82, 2.24) is 9.97 Å². The first-order valence-corrected chi connectivity index (χ1v) is 5.50. The van der Waals surface area contributed by atoms with Crippen LogP contribution in [0.4, 0.5) is 11.6 Å². The Hall–Kier alpha value is -1.62. The molecule has 4 nitrogen and oxygen atoms in total. The number of halogens is 1. The number of rotatable bonds is 2. The molecule has 0 fully saturated rings. The van der Waals surface area contributed by atoms with Gasteiger partial charge in [0, 0.05) is 6.20 Å². The predicted octanol–water partition coefficient (Wildman–Crippen LogP) is 3.00. The van der Waals surface area contributed by atoms with E-state index in [0.29, 0.717) is 11.6 Å². The van der Waals surface area contributed by atoms with Crippen molar-refractivity contribution in [2.24, 2.45) is 0 Å². The van der Waals surface area contributed by atoms with E-state index in [2.05, 4.69) is 31.2 Å². The average Bonchev–Trinajstić information content (AvgIpc) is 2.27. The number of nitrogens with zero attached hydrogens (tertiary/aromatic N) is 2. The molecular formula is C11H10BrN3O. The summed E-state index contributed by atoms with van der Waals surface area (Å²) in [5.74, 6) is 0.633. The highest BCUT2D eigenvalue weighted by Crippen LogP contribution is 2.24. The summed E-state index contributed by atoms with van der Waals surface area (Å²) in [7, 11) is 0. The number of anilines is 2. The van der Waals surface area contributed by atoms with Crippen LogP contribution in [0.3, 0.4) is 0 Å². The Bertz CT molecular complexity index is 516. The topological polar surface area (TPSA) is 58.0 Å². The second kappa shape index (κ2) is 4.49. The number of hydrogen-bond acceptors (Lipinski definition) is 4. The minimum absolute atomic E-state index is 0.173. The Labute approximate surface area is 102 Å². The number of phenolic OH excluding ortho intramolecular Hbond substituents is 1. The summed E-state index contributed by atoms with van der Waals surface area (Å²) < 4.78 is 0.857. The van der Waals surface area contributed by atoms with Crippen LogP contribution in [-0.4, -0.2) is 15.1 Å². The van der Waals surface area contributed by atoms with Gasteiger partial charge >= 0.3 is 0 Å². The van der Waals surface area contributed by atoms with E-state index >= 15 is 0 Å². The summed E-state index contributed by atoms with van der Waals surface area (Å²) in [6.07, 6.45) is 1.67. The molecule has 0 saturated carbocycles. The molecular weight excluding hydrogens is 270 g/mol. The lowest BCUT2D eigenvalue weighted by molar-refractivity contribution is 0.477. The van der Waals surface area contributed by atoms with Crippen LogP contribution in [0.15, 0.2) is 34.9 Å². The van der Waals surface area contributed by atoms with Crippen LogP contribution >= 0.6 is 15.9 Å². The smallest absolute Gasteiger partial charge is 0.227 e. The van der Waals surface area contributed by atoms with Gasteiger partial charge in [-0.05, 0) is 35.0 Å². The standard InChI is InChI=1S/C11H10BrN3O/c1-7-8(12)6-13-11(14-7)15-9-4-2-3-5-10(9)16/h2-6,16H,1H3,(H,13,14,15). The zero-order valence-corrected chi connectivity index (χ0v) is 10.2. The number of aromatic nitrogens is 2. The van der Waals surface area contributed by atoms with Crippen LogP contribution in [-0.2, 0) is 0 Å². The molecule has 16 heavy (non-hydrogen) atoms. The third-order valence-corrected chi connectivity index (χ3v) is 2.85. The van der Waals surface area contributed by atoms with Crippen LogP contribution in [0.1, 0.15) is 5.69 Å². The first-order chi connectivity index (χ1) is 7.66. The molecule has 0 atom stereocenters. The second-order valence-corrected chi connectivity index (χ2v) is 4.12. The van der Waals surface area contributed by atoms with Crippen molar-refractivity contribution in [3.63, 3.8) is 0 Å². The van der Waals surface area contributed by atoms with Crippen molar-refractivity contribution in [2.45, 2.75) is 6.92 Å². The zero-order chi connectivity index (χ0) is 11.5. The van der Waals surface area contributed by atoms with E-state index in [1.807, 2.05) is 13.0 Å². The summed E-state index contributed by atoms with van der Waals surface area (Å²) in [4.78, 5) is 8.32. The van der Waals surface area contributed by atoms with E-state index in [9.17, 15) is 5.11 Å². The fourth-order valence-corrected chi connectivity index (χ4v) is 1.40. The third-order valence-electron chi connectivity index (χ3n) is 2.07. The molecule has 0 aliphatic heterocycles. The molecule has 0 radical (unpaired) electrons.